The summed E-state index contributed by atoms with van der Waals surface area (Å²) in [7, 11) is 0. The van der Waals surface area contributed by atoms with Crippen LogP contribution in [0, 0.1) is 11.3 Å². The van der Waals surface area contributed by atoms with Crippen LogP contribution >= 0.6 is 0 Å². The maximum Gasteiger partial charge on any atom is 0.407 e. The van der Waals surface area contributed by atoms with E-state index in [0.717, 1.165) is 12.0 Å². The number of amides is 3. The lowest BCUT2D eigenvalue weighted by molar-refractivity contribution is -0.144. The Hall–Kier alpha value is -2.57. The van der Waals surface area contributed by atoms with E-state index in [1.165, 1.54) is 4.90 Å². The molecule has 1 aliphatic heterocycles. The smallest absolute Gasteiger partial charge is 0.407 e. The Morgan fingerprint density at radius 3 is 2.43 bits per heavy atom. The summed E-state index contributed by atoms with van der Waals surface area (Å²) in [5, 5.41) is 9.43. The van der Waals surface area contributed by atoms with Gasteiger partial charge in [0.1, 0.15) is 0 Å². The van der Waals surface area contributed by atoms with Crippen LogP contribution < -0.4 is 5.73 Å². The highest BCUT2D eigenvalue weighted by Crippen LogP contribution is 2.50. The molecule has 1 saturated carbocycles. The molecular formula is C21H29N3O4. The number of hydrogen-bond acceptors (Lipinski definition) is 3. The van der Waals surface area contributed by atoms with Crippen molar-refractivity contribution in [1.29, 1.82) is 0 Å². The van der Waals surface area contributed by atoms with Crippen LogP contribution in [0.1, 0.15) is 56.0 Å². The van der Waals surface area contributed by atoms with Crippen LogP contribution in [0.15, 0.2) is 24.3 Å². The van der Waals surface area contributed by atoms with E-state index in [1.54, 1.807) is 18.2 Å². The Labute approximate surface area is 165 Å². The van der Waals surface area contributed by atoms with Crippen LogP contribution in [0.25, 0.3) is 0 Å². The lowest BCUT2D eigenvalue weighted by Crippen LogP contribution is -2.64. The van der Waals surface area contributed by atoms with E-state index in [0.29, 0.717) is 18.7 Å². The summed E-state index contributed by atoms with van der Waals surface area (Å²) in [4.78, 5) is 39.6. The lowest BCUT2D eigenvalue weighted by Gasteiger charge is -2.50. The minimum absolute atomic E-state index is 0.0759. The van der Waals surface area contributed by atoms with Crippen LogP contribution in [-0.4, -0.2) is 58.0 Å². The zero-order valence-corrected chi connectivity index (χ0v) is 16.9. The van der Waals surface area contributed by atoms with Crippen molar-refractivity contribution in [2.24, 2.45) is 17.1 Å². The van der Waals surface area contributed by atoms with Gasteiger partial charge in [0, 0.05) is 30.6 Å². The third-order valence-corrected chi connectivity index (χ3v) is 5.92. The topological polar surface area (TPSA) is 104 Å². The second kappa shape index (κ2) is 7.11. The van der Waals surface area contributed by atoms with Crippen molar-refractivity contribution >= 4 is 17.9 Å². The number of carboxylic acid groups (broad SMARTS) is 1. The standard InChI is InChI=1S/C21H29N3O4/c1-12-10-23(20(27)28)11-17(21(2,3)4)24(12)19(26)16-9-15(16)13-6-5-7-14(8-13)18(22)25/h5-8,12,15-17H,9-11H2,1-4H3,(H2,22,25)(H,27,28)/t12?,15-,16+,17?/m0/s1. The van der Waals surface area contributed by atoms with Crippen LogP contribution in [-0.2, 0) is 4.79 Å². The van der Waals surface area contributed by atoms with Crippen molar-refractivity contribution in [3.05, 3.63) is 35.4 Å². The number of nitrogens with zero attached hydrogens (tertiary/aromatic N) is 2. The molecule has 152 valence electrons. The summed E-state index contributed by atoms with van der Waals surface area (Å²) in [6.07, 6.45) is -0.204. The Kier molecular flexibility index (Phi) is 5.12. The first kappa shape index (κ1) is 20.2. The summed E-state index contributed by atoms with van der Waals surface area (Å²) in [6, 6.07) is 6.80. The number of carbonyl (C=O) groups is 3. The molecule has 28 heavy (non-hydrogen) atoms. The van der Waals surface area contributed by atoms with Gasteiger partial charge in [0.15, 0.2) is 0 Å². The number of benzene rings is 1. The second-order valence-corrected chi connectivity index (χ2v) is 9.10. The normalized spacial score (nSPS) is 27.4. The Morgan fingerprint density at radius 1 is 1.18 bits per heavy atom. The van der Waals surface area contributed by atoms with Crippen molar-refractivity contribution in [1.82, 2.24) is 9.80 Å². The Balaban J connectivity index is 1.80. The van der Waals surface area contributed by atoms with Crippen molar-refractivity contribution in [2.75, 3.05) is 13.1 Å². The van der Waals surface area contributed by atoms with Crippen LogP contribution in [0.4, 0.5) is 4.79 Å². The van der Waals surface area contributed by atoms with E-state index in [4.69, 9.17) is 5.73 Å². The molecule has 0 radical (unpaired) electrons. The van der Waals surface area contributed by atoms with Crippen LogP contribution in [0.3, 0.4) is 0 Å². The first-order chi connectivity index (χ1) is 13.0. The molecule has 4 atom stereocenters. The van der Waals surface area contributed by atoms with Gasteiger partial charge in [0.25, 0.3) is 0 Å². The molecule has 3 rings (SSSR count). The molecule has 0 spiro atoms. The van der Waals surface area contributed by atoms with Crippen molar-refractivity contribution in [3.63, 3.8) is 0 Å². The molecule has 1 aliphatic carbocycles. The second-order valence-electron chi connectivity index (χ2n) is 9.10. The largest absolute Gasteiger partial charge is 0.465 e. The van der Waals surface area contributed by atoms with Gasteiger partial charge < -0.3 is 20.6 Å². The van der Waals surface area contributed by atoms with Gasteiger partial charge in [0.05, 0.1) is 6.04 Å². The maximum absolute atomic E-state index is 13.4. The average molecular weight is 387 g/mol. The van der Waals surface area contributed by atoms with E-state index >= 15 is 0 Å². The maximum atomic E-state index is 13.4. The minimum atomic E-state index is -0.944. The van der Waals surface area contributed by atoms with Gasteiger partial charge in [-0.25, -0.2) is 4.79 Å². The Bertz CT molecular complexity index is 801. The van der Waals surface area contributed by atoms with E-state index in [-0.39, 0.29) is 35.2 Å². The number of hydrogen-bond donors (Lipinski definition) is 2. The van der Waals surface area contributed by atoms with E-state index in [1.807, 2.05) is 38.7 Å². The highest BCUT2D eigenvalue weighted by molar-refractivity contribution is 5.93. The van der Waals surface area contributed by atoms with Crippen LogP contribution in [0.5, 0.6) is 0 Å². The third kappa shape index (κ3) is 3.84. The summed E-state index contributed by atoms with van der Waals surface area (Å²) in [5.74, 6) is -0.451. The summed E-state index contributed by atoms with van der Waals surface area (Å²) < 4.78 is 0. The molecule has 3 N–H and O–H groups in total. The van der Waals surface area contributed by atoms with Crippen molar-refractivity contribution in [3.8, 4) is 0 Å². The third-order valence-electron chi connectivity index (χ3n) is 5.92. The average Bonchev–Trinajstić information content (AvgIpc) is 3.40. The molecule has 0 bridgehead atoms. The van der Waals surface area contributed by atoms with E-state index < -0.39 is 12.0 Å². The predicted octanol–water partition coefficient (Wildman–Crippen LogP) is 2.51. The fourth-order valence-corrected chi connectivity index (χ4v) is 4.25. The first-order valence-electron chi connectivity index (χ1n) is 9.70. The molecule has 7 nitrogen and oxygen atoms in total. The van der Waals surface area contributed by atoms with Crippen molar-refractivity contribution < 1.29 is 19.5 Å². The highest BCUT2D eigenvalue weighted by atomic mass is 16.4. The number of nitrogens with two attached hydrogens (primary N) is 1. The van der Waals surface area contributed by atoms with Gasteiger partial charge in [-0.1, -0.05) is 32.9 Å². The monoisotopic (exact) mass is 387 g/mol. The first-order valence-corrected chi connectivity index (χ1v) is 9.70. The molecule has 2 unspecified atom stereocenters. The van der Waals surface area contributed by atoms with E-state index in [9.17, 15) is 19.5 Å². The quantitative estimate of drug-likeness (QED) is 0.831. The molecule has 3 amide bonds. The number of primary amides is 1. The number of carbonyl (C=O) groups excluding carboxylic acids is 2. The summed E-state index contributed by atoms with van der Waals surface area (Å²) in [6.45, 7) is 8.67. The van der Waals surface area contributed by atoms with Gasteiger partial charge in [-0.2, -0.15) is 0 Å². The SMILES string of the molecule is CC1CN(C(=O)O)CC(C(C)(C)C)N1C(=O)[C@@H]1C[C@H]1c1cccc(C(N)=O)c1. The van der Waals surface area contributed by atoms with Crippen LogP contribution in [0.2, 0.25) is 0 Å². The molecular weight excluding hydrogens is 358 g/mol. The van der Waals surface area contributed by atoms with Gasteiger partial charge >= 0.3 is 6.09 Å². The van der Waals surface area contributed by atoms with Crippen molar-refractivity contribution in [2.45, 2.75) is 52.1 Å². The molecule has 1 heterocycles. The van der Waals surface area contributed by atoms with Gasteiger partial charge in [0.2, 0.25) is 11.8 Å². The molecule has 1 aromatic rings. The number of piperazine rings is 1. The molecule has 0 aromatic heterocycles. The summed E-state index contributed by atoms with van der Waals surface area (Å²) >= 11 is 0. The Morgan fingerprint density at radius 2 is 1.86 bits per heavy atom. The molecule has 1 aromatic carbocycles. The van der Waals surface area contributed by atoms with Gasteiger partial charge in [-0.05, 0) is 42.4 Å². The molecule has 2 fully saturated rings. The minimum Gasteiger partial charge on any atom is -0.465 e. The predicted molar refractivity (Wildman–Crippen MR) is 105 cm³/mol. The molecule has 2 aliphatic rings. The zero-order valence-electron chi connectivity index (χ0n) is 16.9. The fourth-order valence-electron chi connectivity index (χ4n) is 4.25. The zero-order chi connectivity index (χ0) is 20.8. The fraction of sp³-hybridized carbons (Fsp3) is 0.571. The molecule has 1 saturated heterocycles. The lowest BCUT2D eigenvalue weighted by atomic mass is 9.82. The highest BCUT2D eigenvalue weighted by Gasteiger charge is 2.51. The summed E-state index contributed by atoms with van der Waals surface area (Å²) in [5.41, 5.74) is 6.54. The molecule has 7 heteroatoms. The van der Waals surface area contributed by atoms with E-state index in [2.05, 4.69) is 0 Å². The number of rotatable bonds is 3. The van der Waals surface area contributed by atoms with Gasteiger partial charge in [-0.15, -0.1) is 0 Å². The van der Waals surface area contributed by atoms with Gasteiger partial charge in [-0.3, -0.25) is 9.59 Å².